The van der Waals surface area contributed by atoms with Gasteiger partial charge in [0, 0.05) is 12.1 Å². The number of hydrogen-bond donors (Lipinski definition) is 4. The van der Waals surface area contributed by atoms with Crippen LogP contribution in [-0.4, -0.2) is 66.5 Å². The van der Waals surface area contributed by atoms with Gasteiger partial charge in [-0.05, 0) is 82.8 Å². The van der Waals surface area contributed by atoms with Crippen LogP contribution in [0.1, 0.15) is 76.2 Å². The number of phenolic OH excluding ortho intramolecular Hbond substituents is 1. The van der Waals surface area contributed by atoms with Gasteiger partial charge in [0.25, 0.3) is 0 Å². The average Bonchev–Trinajstić information content (AvgIpc) is 4.10. The number of cyclic esters (lactones) is 1. The highest BCUT2D eigenvalue weighted by molar-refractivity contribution is 6.24. The zero-order chi connectivity index (χ0) is 50.2. The van der Waals surface area contributed by atoms with Gasteiger partial charge in [-0.25, -0.2) is 14.4 Å². The molecule has 0 saturated carbocycles. The molecule has 14 nitrogen and oxygen atoms in total. The van der Waals surface area contributed by atoms with Crippen molar-refractivity contribution < 1.29 is 34.1 Å². The molecule has 8 atom stereocenters. The molecule has 1 spiro atoms. The van der Waals surface area contributed by atoms with Crippen molar-refractivity contribution in [2.24, 2.45) is 5.92 Å². The van der Waals surface area contributed by atoms with Crippen LogP contribution < -0.4 is 15.5 Å². The molecule has 3 aliphatic rings. The Bertz CT molecular complexity index is 3420. The molecule has 3 aliphatic heterocycles. The van der Waals surface area contributed by atoms with Crippen LogP contribution in [0.15, 0.2) is 188 Å². The maximum atomic E-state index is 16.7. The fraction of sp³-hybridized carbons (Fsp3) is 0.186. The maximum Gasteiger partial charge on any atom is 0.329 e. The van der Waals surface area contributed by atoms with Crippen LogP contribution >= 0.6 is 0 Å². The van der Waals surface area contributed by atoms with Crippen molar-refractivity contribution in [3.63, 3.8) is 0 Å². The minimum atomic E-state index is -2.09. The summed E-state index contributed by atoms with van der Waals surface area (Å²) in [6, 6.07) is 51.1. The van der Waals surface area contributed by atoms with Crippen LogP contribution in [0.3, 0.4) is 0 Å². The Morgan fingerprint density at radius 2 is 1.37 bits per heavy atom. The van der Waals surface area contributed by atoms with Gasteiger partial charge in [-0.15, -0.1) is 5.10 Å². The van der Waals surface area contributed by atoms with Gasteiger partial charge in [0.1, 0.15) is 35.4 Å². The number of ether oxygens (including phenoxy) is 1. The molecule has 4 N–H and O–H groups in total. The number of phenols is 1. The lowest BCUT2D eigenvalue weighted by molar-refractivity contribution is -0.178. The fourth-order valence-corrected chi connectivity index (χ4v) is 11.1. The van der Waals surface area contributed by atoms with E-state index in [-0.39, 0.29) is 30.1 Å². The Morgan fingerprint density at radius 3 is 2.07 bits per heavy atom. The fourth-order valence-electron chi connectivity index (χ4n) is 11.1. The predicted octanol–water partition coefficient (Wildman–Crippen LogP) is 8.17. The summed E-state index contributed by atoms with van der Waals surface area (Å²) >= 11 is 0. The number of nitrogens with zero attached hydrogens (tertiary/aromatic N) is 5. The number of aliphatic hydroxyl groups is 1. The van der Waals surface area contributed by atoms with Crippen molar-refractivity contribution in [3.05, 3.63) is 227 Å². The molecule has 73 heavy (non-hydrogen) atoms. The van der Waals surface area contributed by atoms with E-state index >= 15 is 19.2 Å². The second-order valence-electron chi connectivity index (χ2n) is 18.5. The third-order valence-corrected chi connectivity index (χ3v) is 14.3. The van der Waals surface area contributed by atoms with Gasteiger partial charge in [0.05, 0.1) is 41.4 Å². The largest absolute Gasteiger partial charge is 0.508 e. The Morgan fingerprint density at radius 1 is 0.740 bits per heavy atom. The van der Waals surface area contributed by atoms with Crippen LogP contribution in [0.2, 0.25) is 0 Å². The third-order valence-electron chi connectivity index (χ3n) is 14.3. The summed E-state index contributed by atoms with van der Waals surface area (Å²) in [5, 5.41) is 36.9. The lowest BCUT2D eigenvalue weighted by Crippen LogP contribution is -2.56. The molecule has 8 unspecified atom stereocenters. The number of hydrogen-bond acceptors (Lipinski definition) is 10. The molecule has 0 bridgehead atoms. The van der Waals surface area contributed by atoms with Crippen molar-refractivity contribution in [3.8, 4) is 17.6 Å². The van der Waals surface area contributed by atoms with Gasteiger partial charge in [-0.2, -0.15) is 0 Å². The van der Waals surface area contributed by atoms with Gasteiger partial charge >= 0.3 is 12.0 Å². The first kappa shape index (κ1) is 46.5. The van der Waals surface area contributed by atoms with Crippen molar-refractivity contribution >= 4 is 40.5 Å². The SMILES string of the molecule is CC(NC(=O)N1C(=O)C2(c3cc(C#CCn4nnc5ccccc54)ccc31)C(C(=O)NCC(O)c1ccccc1)C1C(=O)OC(c3ccccc3)C(c3ccccc3)N1C2c1ccc(O)cc1)c1ccccc1. The lowest BCUT2D eigenvalue weighted by Gasteiger charge is -2.46. The Hall–Kier alpha value is -8.90. The highest BCUT2D eigenvalue weighted by Gasteiger charge is 2.75. The summed E-state index contributed by atoms with van der Waals surface area (Å²) in [5.74, 6) is 2.53. The number of urea groups is 1. The van der Waals surface area contributed by atoms with Crippen molar-refractivity contribution in [1.29, 1.82) is 0 Å². The lowest BCUT2D eigenvalue weighted by atomic mass is 9.65. The number of amides is 4. The monoisotopic (exact) mass is 967 g/mol. The van der Waals surface area contributed by atoms with Crippen LogP contribution in [0.5, 0.6) is 5.75 Å². The van der Waals surface area contributed by atoms with E-state index in [1.54, 1.807) is 59.3 Å². The van der Waals surface area contributed by atoms with Gasteiger partial charge in [-0.3, -0.25) is 19.3 Å². The van der Waals surface area contributed by atoms with E-state index in [1.165, 1.54) is 12.1 Å². The van der Waals surface area contributed by atoms with Gasteiger partial charge in [-0.1, -0.05) is 163 Å². The number of anilines is 1. The number of aromatic nitrogens is 3. The molecule has 7 aromatic carbocycles. The van der Waals surface area contributed by atoms with E-state index in [0.29, 0.717) is 27.8 Å². The Labute approximate surface area is 420 Å². The Kier molecular flexibility index (Phi) is 12.3. The summed E-state index contributed by atoms with van der Waals surface area (Å²) in [4.78, 5) is 66.1. The summed E-state index contributed by atoms with van der Waals surface area (Å²) in [7, 11) is 0. The molecule has 2 saturated heterocycles. The zero-order valence-corrected chi connectivity index (χ0v) is 39.5. The molecular formula is C59H49N7O7. The summed E-state index contributed by atoms with van der Waals surface area (Å²) in [6.07, 6.45) is -2.11. The molecule has 14 heteroatoms. The van der Waals surface area contributed by atoms with Crippen LogP contribution in [0.25, 0.3) is 11.0 Å². The van der Waals surface area contributed by atoms with Crippen molar-refractivity contribution in [2.45, 2.75) is 55.3 Å². The third kappa shape index (κ3) is 8.24. The molecule has 0 radical (unpaired) electrons. The number of aromatic hydroxyl groups is 1. The first-order chi connectivity index (χ1) is 35.6. The first-order valence-electron chi connectivity index (χ1n) is 24.1. The molecular weight excluding hydrogens is 919 g/mol. The minimum absolute atomic E-state index is 0.0526. The number of nitrogens with one attached hydrogen (secondary N) is 2. The zero-order valence-electron chi connectivity index (χ0n) is 39.5. The average molecular weight is 968 g/mol. The smallest absolute Gasteiger partial charge is 0.329 e. The van der Waals surface area contributed by atoms with E-state index in [2.05, 4.69) is 32.8 Å². The van der Waals surface area contributed by atoms with Gasteiger partial charge in [0.2, 0.25) is 11.8 Å². The highest BCUT2D eigenvalue weighted by atomic mass is 16.6. The number of para-hydroxylation sites is 1. The molecule has 11 rings (SSSR count). The topological polar surface area (TPSA) is 179 Å². The summed E-state index contributed by atoms with van der Waals surface area (Å²) < 4.78 is 8.27. The molecule has 8 aromatic rings. The number of morpholine rings is 1. The van der Waals surface area contributed by atoms with Gasteiger partial charge < -0.3 is 25.6 Å². The predicted molar refractivity (Wildman–Crippen MR) is 272 cm³/mol. The van der Waals surface area contributed by atoms with Crippen LogP contribution in [-0.2, 0) is 31.1 Å². The maximum absolute atomic E-state index is 16.7. The number of imide groups is 1. The molecule has 4 heterocycles. The molecule has 4 amide bonds. The minimum Gasteiger partial charge on any atom is -0.508 e. The number of aliphatic hydroxyl groups excluding tert-OH is 1. The van der Waals surface area contributed by atoms with Gasteiger partial charge in [0.15, 0.2) is 0 Å². The van der Waals surface area contributed by atoms with Crippen molar-refractivity contribution in [1.82, 2.24) is 30.5 Å². The van der Waals surface area contributed by atoms with E-state index < -0.39 is 71.5 Å². The van der Waals surface area contributed by atoms with E-state index in [0.717, 1.165) is 21.5 Å². The normalized spacial score (nSPS) is 21.9. The second-order valence-corrected chi connectivity index (χ2v) is 18.5. The molecule has 2 fully saturated rings. The standard InChI is InChI=1S/C59H49N7O7/c1-37(39-18-6-2-7-19-39)61-58(72)65-47-33-28-38(17-16-34-64-48-27-15-14-26-46(48)62-63-64)35-45(47)59(57(65)71)50(55(69)60-36-49(68)40-20-8-3-9-21-40)52-56(70)73-53(42-24-12-5-13-25-42)51(41-22-10-4-11-23-41)66(52)54(59)43-29-31-44(67)32-30-43/h2-15,18-33,35,37,49-54,67-68H,34,36H2,1H3,(H,60,69)(H,61,72). The Balaban J connectivity index is 1.15. The number of fused-ring (bicyclic) bond motifs is 4. The molecule has 362 valence electrons. The quantitative estimate of drug-likeness (QED) is 0.0772. The summed E-state index contributed by atoms with van der Waals surface area (Å²) in [6.45, 7) is 1.70. The van der Waals surface area contributed by atoms with E-state index in [9.17, 15) is 10.2 Å². The van der Waals surface area contributed by atoms with Crippen LogP contribution in [0.4, 0.5) is 10.5 Å². The number of esters is 1. The van der Waals surface area contributed by atoms with Crippen molar-refractivity contribution in [2.75, 3.05) is 11.4 Å². The van der Waals surface area contributed by atoms with Crippen LogP contribution in [0, 0.1) is 17.8 Å². The first-order valence-corrected chi connectivity index (χ1v) is 24.1. The van der Waals surface area contributed by atoms with E-state index in [1.807, 2.05) is 133 Å². The van der Waals surface area contributed by atoms with E-state index in [4.69, 9.17) is 4.74 Å². The molecule has 1 aromatic heterocycles. The second kappa shape index (κ2) is 19.4. The number of carbonyl (C=O) groups excluding carboxylic acids is 4. The molecule has 0 aliphatic carbocycles. The highest BCUT2D eigenvalue weighted by Crippen LogP contribution is 2.66. The summed E-state index contributed by atoms with van der Waals surface area (Å²) in [5.41, 5.74) is 3.52. The number of carbonyl (C=O) groups is 4. The number of benzene rings is 7. The number of rotatable bonds is 10.